The zero-order valence-corrected chi connectivity index (χ0v) is 9.87. The van der Waals surface area contributed by atoms with Crippen molar-refractivity contribution in [3.05, 3.63) is 6.33 Å². The lowest BCUT2D eigenvalue weighted by Crippen LogP contribution is -2.27. The summed E-state index contributed by atoms with van der Waals surface area (Å²) in [6, 6.07) is 0. The van der Waals surface area contributed by atoms with Gasteiger partial charge in [-0.2, -0.15) is 0 Å². The van der Waals surface area contributed by atoms with E-state index < -0.39 is 0 Å². The Kier molecular flexibility index (Phi) is 5.65. The molecule has 90 valence electrons. The molecule has 7 nitrogen and oxygen atoms in total. The van der Waals surface area contributed by atoms with Gasteiger partial charge >= 0.3 is 0 Å². The van der Waals surface area contributed by atoms with Crippen molar-refractivity contribution in [2.24, 2.45) is 0 Å². The Balaban J connectivity index is 2.13. The van der Waals surface area contributed by atoms with E-state index in [9.17, 15) is 4.79 Å². The van der Waals surface area contributed by atoms with E-state index in [1.807, 2.05) is 0 Å². The molecule has 1 aromatic heterocycles. The van der Waals surface area contributed by atoms with E-state index in [2.05, 4.69) is 15.5 Å². The number of nitrogens with one attached hydrogen (secondary N) is 1. The highest BCUT2D eigenvalue weighted by atomic mass is 32.2. The second-order valence-corrected chi connectivity index (χ2v) is 3.95. The van der Waals surface area contributed by atoms with Crippen LogP contribution in [0.25, 0.3) is 0 Å². The number of thioether (sulfide) groups is 1. The predicted molar refractivity (Wildman–Crippen MR) is 60.4 cm³/mol. The predicted octanol–water partition coefficient (Wildman–Crippen LogP) is -0.763. The number of nitrogens with zero attached hydrogens (tertiary/aromatic N) is 3. The Morgan fingerprint density at radius 2 is 2.56 bits per heavy atom. The highest BCUT2D eigenvalue weighted by Crippen LogP contribution is 2.11. The molecule has 0 radical (unpaired) electrons. The van der Waals surface area contributed by atoms with E-state index in [4.69, 9.17) is 10.6 Å². The topological polar surface area (TPSA) is 95.1 Å². The molecular formula is C8H15N5O2S. The van der Waals surface area contributed by atoms with Gasteiger partial charge in [0.15, 0.2) is 0 Å². The average molecular weight is 245 g/mol. The fourth-order valence-electron chi connectivity index (χ4n) is 0.961. The van der Waals surface area contributed by atoms with Gasteiger partial charge in [-0.1, -0.05) is 11.8 Å². The summed E-state index contributed by atoms with van der Waals surface area (Å²) in [6.45, 7) is 1.26. The molecule has 8 heteroatoms. The average Bonchev–Trinajstić information content (AvgIpc) is 2.67. The van der Waals surface area contributed by atoms with Crippen molar-refractivity contribution < 1.29 is 9.53 Å². The second-order valence-electron chi connectivity index (χ2n) is 3.01. The van der Waals surface area contributed by atoms with Crippen molar-refractivity contribution >= 4 is 17.7 Å². The number of aromatic nitrogens is 3. The maximum absolute atomic E-state index is 11.3. The molecule has 0 aliphatic rings. The summed E-state index contributed by atoms with van der Waals surface area (Å²) < 4.78 is 6.14. The van der Waals surface area contributed by atoms with Gasteiger partial charge < -0.3 is 15.9 Å². The standard InChI is InChI=1S/C8H15N5O2S/c1-15-4-2-3-10-7(14)5-16-8-12-11-6-13(8)9/h6H,2-5,9H2,1H3,(H,10,14). The van der Waals surface area contributed by atoms with Crippen LogP contribution in [0.5, 0.6) is 0 Å². The van der Waals surface area contributed by atoms with Crippen molar-refractivity contribution in [2.75, 3.05) is 31.9 Å². The summed E-state index contributed by atoms with van der Waals surface area (Å²) >= 11 is 1.25. The van der Waals surface area contributed by atoms with Crippen LogP contribution >= 0.6 is 11.8 Å². The lowest BCUT2D eigenvalue weighted by atomic mass is 10.4. The van der Waals surface area contributed by atoms with E-state index in [-0.39, 0.29) is 11.7 Å². The first-order valence-corrected chi connectivity index (χ1v) is 5.76. The van der Waals surface area contributed by atoms with Crippen LogP contribution in [0.15, 0.2) is 11.5 Å². The van der Waals surface area contributed by atoms with Crippen molar-refractivity contribution in [3.63, 3.8) is 0 Å². The van der Waals surface area contributed by atoms with Crippen molar-refractivity contribution in [1.29, 1.82) is 0 Å². The van der Waals surface area contributed by atoms with E-state index in [1.165, 1.54) is 22.8 Å². The Hall–Kier alpha value is -1.28. The van der Waals surface area contributed by atoms with Gasteiger partial charge in [-0.05, 0) is 6.42 Å². The molecule has 0 unspecified atom stereocenters. The number of carbonyl (C=O) groups is 1. The van der Waals surface area contributed by atoms with Crippen LogP contribution in [0.1, 0.15) is 6.42 Å². The molecule has 1 amide bonds. The third-order valence-corrected chi connectivity index (χ3v) is 2.68. The molecule has 0 atom stereocenters. The van der Waals surface area contributed by atoms with E-state index in [1.54, 1.807) is 7.11 Å². The largest absolute Gasteiger partial charge is 0.385 e. The number of nitrogen functional groups attached to an aromatic ring is 1. The molecule has 0 bridgehead atoms. The maximum Gasteiger partial charge on any atom is 0.230 e. The van der Waals surface area contributed by atoms with Gasteiger partial charge in [0.25, 0.3) is 0 Å². The van der Waals surface area contributed by atoms with Gasteiger partial charge in [-0.3, -0.25) is 4.79 Å². The van der Waals surface area contributed by atoms with Crippen LogP contribution in [0.2, 0.25) is 0 Å². The minimum atomic E-state index is -0.0518. The first-order chi connectivity index (χ1) is 7.74. The first kappa shape index (κ1) is 12.8. The van der Waals surface area contributed by atoms with Crippen LogP contribution in [-0.4, -0.2) is 46.8 Å². The Bertz CT molecular complexity index is 330. The first-order valence-electron chi connectivity index (χ1n) is 4.77. The number of carbonyl (C=O) groups excluding carboxylic acids is 1. The molecule has 0 spiro atoms. The Morgan fingerprint density at radius 1 is 1.75 bits per heavy atom. The van der Waals surface area contributed by atoms with E-state index >= 15 is 0 Å². The van der Waals surface area contributed by atoms with Gasteiger partial charge in [-0.25, -0.2) is 4.68 Å². The monoisotopic (exact) mass is 245 g/mol. The lowest BCUT2D eigenvalue weighted by molar-refractivity contribution is -0.118. The molecule has 0 saturated carbocycles. The zero-order chi connectivity index (χ0) is 11.8. The van der Waals surface area contributed by atoms with Crippen LogP contribution in [0, 0.1) is 0 Å². The van der Waals surface area contributed by atoms with Crippen LogP contribution < -0.4 is 11.2 Å². The van der Waals surface area contributed by atoms with Crippen molar-refractivity contribution in [1.82, 2.24) is 20.2 Å². The molecule has 1 rings (SSSR count). The number of rotatable bonds is 7. The SMILES string of the molecule is COCCCNC(=O)CSc1nncn1N. The fraction of sp³-hybridized carbons (Fsp3) is 0.625. The summed E-state index contributed by atoms with van der Waals surface area (Å²) in [5.41, 5.74) is 0. The summed E-state index contributed by atoms with van der Waals surface area (Å²) in [6.07, 6.45) is 2.19. The van der Waals surface area contributed by atoms with Crippen molar-refractivity contribution in [3.8, 4) is 0 Å². The minimum Gasteiger partial charge on any atom is -0.385 e. The third kappa shape index (κ3) is 4.49. The highest BCUT2D eigenvalue weighted by molar-refractivity contribution is 7.99. The van der Waals surface area contributed by atoms with Gasteiger partial charge in [0.2, 0.25) is 11.1 Å². The number of hydrogen-bond acceptors (Lipinski definition) is 6. The summed E-state index contributed by atoms with van der Waals surface area (Å²) in [5, 5.41) is 10.6. The molecule has 1 heterocycles. The quantitative estimate of drug-likeness (QED) is 0.372. The molecule has 0 aromatic carbocycles. The fourth-order valence-corrected chi connectivity index (χ4v) is 1.62. The molecule has 0 aliphatic carbocycles. The molecular weight excluding hydrogens is 230 g/mol. The number of methoxy groups -OCH3 is 1. The van der Waals surface area contributed by atoms with E-state index in [0.29, 0.717) is 18.3 Å². The Labute approximate surface area is 97.7 Å². The normalized spacial score (nSPS) is 10.3. The zero-order valence-electron chi connectivity index (χ0n) is 9.05. The van der Waals surface area contributed by atoms with Crippen molar-refractivity contribution in [2.45, 2.75) is 11.6 Å². The van der Waals surface area contributed by atoms with Gasteiger partial charge in [0, 0.05) is 20.3 Å². The van der Waals surface area contributed by atoms with Crippen LogP contribution in [0.4, 0.5) is 0 Å². The van der Waals surface area contributed by atoms with Crippen LogP contribution in [-0.2, 0) is 9.53 Å². The minimum absolute atomic E-state index is 0.0518. The van der Waals surface area contributed by atoms with Gasteiger partial charge in [0.1, 0.15) is 6.33 Å². The van der Waals surface area contributed by atoms with Crippen LogP contribution in [0.3, 0.4) is 0 Å². The molecule has 3 N–H and O–H groups in total. The summed E-state index contributed by atoms with van der Waals surface area (Å²) in [5.74, 6) is 5.72. The number of amides is 1. The maximum atomic E-state index is 11.3. The molecule has 0 fully saturated rings. The Morgan fingerprint density at radius 3 is 3.19 bits per heavy atom. The molecule has 16 heavy (non-hydrogen) atoms. The molecule has 0 saturated heterocycles. The number of hydrogen-bond donors (Lipinski definition) is 2. The lowest BCUT2D eigenvalue weighted by Gasteiger charge is -2.03. The summed E-state index contributed by atoms with van der Waals surface area (Å²) in [7, 11) is 1.63. The van der Waals surface area contributed by atoms with Gasteiger partial charge in [-0.15, -0.1) is 10.2 Å². The van der Waals surface area contributed by atoms with Gasteiger partial charge in [0.05, 0.1) is 5.75 Å². The number of nitrogens with two attached hydrogens (primary N) is 1. The van der Waals surface area contributed by atoms with E-state index in [0.717, 1.165) is 6.42 Å². The molecule has 1 aromatic rings. The summed E-state index contributed by atoms with van der Waals surface area (Å²) in [4.78, 5) is 11.3. The highest BCUT2D eigenvalue weighted by Gasteiger charge is 2.06. The molecule has 0 aliphatic heterocycles. The third-order valence-electron chi connectivity index (χ3n) is 1.72. The number of ether oxygens (including phenoxy) is 1. The smallest absolute Gasteiger partial charge is 0.230 e. The second kappa shape index (κ2) is 7.07.